The molecule has 1 aromatic carbocycles. The number of aromatic nitrogens is 1. The van der Waals surface area contributed by atoms with Gasteiger partial charge in [-0.25, -0.2) is 4.79 Å². The van der Waals surface area contributed by atoms with Gasteiger partial charge in [0, 0.05) is 11.6 Å². The van der Waals surface area contributed by atoms with E-state index in [4.69, 9.17) is 25.5 Å². The monoisotopic (exact) mass is 402 g/mol. The standard InChI is InChI=1S/C20H19ClN2O5/c21-20-22-15-8-6-12(10-17(15)28-20)18(24)23(13-4-2-1-3-5-13)11-14-7-9-16(27-14)19(25)26/h6-10,13H,1-5,11H2,(H,25,26). The summed E-state index contributed by atoms with van der Waals surface area (Å²) in [6.45, 7) is 0.214. The Kier molecular flexibility index (Phi) is 5.09. The summed E-state index contributed by atoms with van der Waals surface area (Å²) < 4.78 is 10.7. The molecule has 2 aromatic heterocycles. The summed E-state index contributed by atoms with van der Waals surface area (Å²) in [5.74, 6) is -0.979. The number of fused-ring (bicyclic) bond motifs is 1. The van der Waals surface area contributed by atoms with Crippen molar-refractivity contribution >= 4 is 34.6 Å². The number of carboxylic acid groups (broad SMARTS) is 1. The summed E-state index contributed by atoms with van der Waals surface area (Å²) in [5.41, 5.74) is 1.50. The molecular weight excluding hydrogens is 384 g/mol. The molecule has 0 saturated heterocycles. The number of oxazole rings is 1. The highest BCUT2D eigenvalue weighted by Crippen LogP contribution is 2.27. The summed E-state index contributed by atoms with van der Waals surface area (Å²) in [5, 5.41) is 9.10. The van der Waals surface area contributed by atoms with Gasteiger partial charge in [0.1, 0.15) is 11.3 Å². The molecule has 1 aliphatic carbocycles. The van der Waals surface area contributed by atoms with Crippen LogP contribution in [-0.4, -0.2) is 32.9 Å². The van der Waals surface area contributed by atoms with Crippen molar-refractivity contribution < 1.29 is 23.5 Å². The van der Waals surface area contributed by atoms with Crippen LogP contribution in [0.2, 0.25) is 5.35 Å². The molecule has 2 heterocycles. The first-order valence-corrected chi connectivity index (χ1v) is 9.58. The van der Waals surface area contributed by atoms with Crippen molar-refractivity contribution in [1.29, 1.82) is 0 Å². The maximum Gasteiger partial charge on any atom is 0.371 e. The second-order valence-corrected chi connectivity index (χ2v) is 7.27. The highest BCUT2D eigenvalue weighted by atomic mass is 35.5. The number of carbonyl (C=O) groups is 2. The number of carboxylic acids is 1. The molecule has 4 rings (SSSR count). The molecule has 0 aliphatic heterocycles. The lowest BCUT2D eigenvalue weighted by molar-refractivity contribution is 0.0590. The molecule has 3 aromatic rings. The van der Waals surface area contributed by atoms with E-state index >= 15 is 0 Å². The van der Waals surface area contributed by atoms with E-state index in [1.165, 1.54) is 6.07 Å². The van der Waals surface area contributed by atoms with Crippen molar-refractivity contribution in [2.75, 3.05) is 0 Å². The van der Waals surface area contributed by atoms with Crippen LogP contribution in [0, 0.1) is 0 Å². The molecule has 28 heavy (non-hydrogen) atoms. The predicted octanol–water partition coefficient (Wildman–Crippen LogP) is 4.75. The number of nitrogens with zero attached hydrogens (tertiary/aromatic N) is 2. The van der Waals surface area contributed by atoms with Gasteiger partial charge in [-0.3, -0.25) is 4.79 Å². The van der Waals surface area contributed by atoms with Crippen molar-refractivity contribution in [3.05, 3.63) is 52.8 Å². The van der Waals surface area contributed by atoms with Gasteiger partial charge in [0.05, 0.1) is 6.54 Å². The highest BCUT2D eigenvalue weighted by molar-refractivity contribution is 6.28. The second kappa shape index (κ2) is 7.67. The summed E-state index contributed by atoms with van der Waals surface area (Å²) in [4.78, 5) is 30.2. The molecule has 1 aliphatic rings. The highest BCUT2D eigenvalue weighted by Gasteiger charge is 2.28. The Morgan fingerprint density at radius 3 is 2.64 bits per heavy atom. The Morgan fingerprint density at radius 2 is 1.93 bits per heavy atom. The SMILES string of the molecule is O=C(O)c1ccc(CN(C(=O)c2ccc3nc(Cl)oc3c2)C2CCCCC2)o1. The van der Waals surface area contributed by atoms with Gasteiger partial charge in [0.25, 0.3) is 11.3 Å². The number of aromatic carboxylic acids is 1. The van der Waals surface area contributed by atoms with Crippen molar-refractivity contribution in [1.82, 2.24) is 9.88 Å². The molecule has 7 nitrogen and oxygen atoms in total. The minimum absolute atomic E-state index is 0.0283. The molecule has 1 amide bonds. The lowest BCUT2D eigenvalue weighted by Crippen LogP contribution is -2.40. The minimum atomic E-state index is -1.13. The summed E-state index contributed by atoms with van der Waals surface area (Å²) in [7, 11) is 0. The largest absolute Gasteiger partial charge is 0.475 e. The van der Waals surface area contributed by atoms with Crippen LogP contribution in [0.1, 0.15) is 58.8 Å². The van der Waals surface area contributed by atoms with Crippen LogP contribution in [0.4, 0.5) is 0 Å². The van der Waals surface area contributed by atoms with E-state index in [0.717, 1.165) is 32.1 Å². The summed E-state index contributed by atoms with van der Waals surface area (Å²) in [6.07, 6.45) is 5.10. The van der Waals surface area contributed by atoms with Crippen LogP contribution in [0.3, 0.4) is 0 Å². The molecule has 0 unspecified atom stereocenters. The number of hydrogen-bond acceptors (Lipinski definition) is 5. The van der Waals surface area contributed by atoms with Crippen molar-refractivity contribution in [2.45, 2.75) is 44.7 Å². The predicted molar refractivity (Wildman–Crippen MR) is 101 cm³/mol. The Hall–Kier alpha value is -2.80. The Labute approximate surface area is 165 Å². The molecule has 1 saturated carbocycles. The number of hydrogen-bond donors (Lipinski definition) is 1. The number of benzene rings is 1. The lowest BCUT2D eigenvalue weighted by atomic mass is 9.93. The van der Waals surface area contributed by atoms with E-state index in [9.17, 15) is 9.59 Å². The molecule has 0 radical (unpaired) electrons. The molecule has 1 N–H and O–H groups in total. The average molecular weight is 403 g/mol. The molecule has 0 bridgehead atoms. The van der Waals surface area contributed by atoms with E-state index in [1.807, 2.05) is 0 Å². The third-order valence-corrected chi connectivity index (χ3v) is 5.25. The van der Waals surface area contributed by atoms with Crippen LogP contribution in [0.15, 0.2) is 39.2 Å². The zero-order valence-corrected chi connectivity index (χ0v) is 15.8. The van der Waals surface area contributed by atoms with E-state index < -0.39 is 5.97 Å². The number of amides is 1. The van der Waals surface area contributed by atoms with Gasteiger partial charge in [0.2, 0.25) is 5.76 Å². The molecule has 8 heteroatoms. The first-order chi connectivity index (χ1) is 13.5. The minimum Gasteiger partial charge on any atom is -0.475 e. The molecule has 1 fully saturated rings. The first kappa shape index (κ1) is 18.6. The third kappa shape index (κ3) is 3.75. The van der Waals surface area contributed by atoms with Gasteiger partial charge in [-0.05, 0) is 54.8 Å². The van der Waals surface area contributed by atoms with Gasteiger partial charge >= 0.3 is 5.97 Å². The van der Waals surface area contributed by atoms with Crippen molar-refractivity contribution in [3.8, 4) is 0 Å². The maximum absolute atomic E-state index is 13.3. The normalized spacial score (nSPS) is 15.0. The Bertz CT molecular complexity index is 1020. The fourth-order valence-corrected chi connectivity index (χ4v) is 3.87. The Morgan fingerprint density at radius 1 is 1.14 bits per heavy atom. The fourth-order valence-electron chi connectivity index (χ4n) is 3.70. The lowest BCUT2D eigenvalue weighted by Gasteiger charge is -2.34. The molecular formula is C20H19ClN2O5. The van der Waals surface area contributed by atoms with Gasteiger partial charge < -0.3 is 18.8 Å². The number of rotatable bonds is 5. The first-order valence-electron chi connectivity index (χ1n) is 9.20. The fraction of sp³-hybridized carbons (Fsp3) is 0.350. The number of halogens is 1. The maximum atomic E-state index is 13.3. The van der Waals surface area contributed by atoms with Crippen LogP contribution >= 0.6 is 11.6 Å². The molecule has 0 spiro atoms. The van der Waals surface area contributed by atoms with Crippen LogP contribution in [-0.2, 0) is 6.54 Å². The molecule has 0 atom stereocenters. The zero-order chi connectivity index (χ0) is 19.7. The summed E-state index contributed by atoms with van der Waals surface area (Å²) in [6, 6.07) is 8.12. The topological polar surface area (TPSA) is 96.8 Å². The van der Waals surface area contributed by atoms with Crippen molar-refractivity contribution in [3.63, 3.8) is 0 Å². The van der Waals surface area contributed by atoms with Gasteiger partial charge in [0.15, 0.2) is 5.58 Å². The van der Waals surface area contributed by atoms with Crippen molar-refractivity contribution in [2.24, 2.45) is 0 Å². The van der Waals surface area contributed by atoms with E-state index in [1.54, 1.807) is 29.2 Å². The quantitative estimate of drug-likeness (QED) is 0.661. The number of furan rings is 1. The van der Waals surface area contributed by atoms with Crippen LogP contribution in [0.25, 0.3) is 11.1 Å². The number of carbonyl (C=O) groups excluding carboxylic acids is 1. The second-order valence-electron chi connectivity index (χ2n) is 6.95. The smallest absolute Gasteiger partial charge is 0.371 e. The van der Waals surface area contributed by atoms with E-state index in [2.05, 4.69) is 4.98 Å². The van der Waals surface area contributed by atoms with Gasteiger partial charge in [-0.2, -0.15) is 4.98 Å². The van der Waals surface area contributed by atoms with Gasteiger partial charge in [-0.15, -0.1) is 0 Å². The Balaban J connectivity index is 1.64. The van der Waals surface area contributed by atoms with Crippen LogP contribution in [0.5, 0.6) is 0 Å². The van der Waals surface area contributed by atoms with Gasteiger partial charge in [-0.1, -0.05) is 19.3 Å². The third-order valence-electron chi connectivity index (χ3n) is 5.08. The van der Waals surface area contributed by atoms with Crippen LogP contribution < -0.4 is 0 Å². The summed E-state index contributed by atoms with van der Waals surface area (Å²) >= 11 is 5.80. The average Bonchev–Trinajstić information content (AvgIpc) is 3.31. The van der Waals surface area contributed by atoms with E-state index in [-0.39, 0.29) is 29.6 Å². The van der Waals surface area contributed by atoms with E-state index in [0.29, 0.717) is 22.4 Å². The zero-order valence-electron chi connectivity index (χ0n) is 15.1. The molecule has 146 valence electrons.